The van der Waals surface area contributed by atoms with E-state index in [1.54, 1.807) is 37.1 Å². The highest BCUT2D eigenvalue weighted by atomic mass is 16.7. The minimum Gasteiger partial charge on any atom is -0.454 e. The minimum absolute atomic E-state index is 0.114. The minimum atomic E-state index is -0.942. The van der Waals surface area contributed by atoms with Gasteiger partial charge in [0.2, 0.25) is 6.79 Å². The molecule has 1 aliphatic rings. The third kappa shape index (κ3) is 3.88. The van der Waals surface area contributed by atoms with Crippen molar-refractivity contribution >= 4 is 5.78 Å². The molecule has 6 nitrogen and oxygen atoms in total. The lowest BCUT2D eigenvalue weighted by atomic mass is 10.0. The van der Waals surface area contributed by atoms with Gasteiger partial charge < -0.3 is 20.3 Å². The van der Waals surface area contributed by atoms with Crippen LogP contribution < -0.4 is 15.2 Å². The van der Waals surface area contributed by atoms with E-state index in [1.165, 1.54) is 0 Å². The standard InChI is InChI=1S/C20H24N2O4/c1-13(19(23)15-8-9-17-18(11-15)26-12-25-17)22(2)20(24)16(21)10-14-6-4-3-5-7-14/h3-9,11,13,16,20,24H,10,12,21H2,1-2H3/t13?,16-,20?/m0/s1. The second-order valence-corrected chi connectivity index (χ2v) is 6.54. The molecule has 1 heterocycles. The Morgan fingerprint density at radius 3 is 2.62 bits per heavy atom. The zero-order valence-corrected chi connectivity index (χ0v) is 15.0. The molecule has 0 radical (unpaired) electrons. The molecule has 0 aromatic heterocycles. The number of carbonyl (C=O) groups is 1. The molecule has 0 saturated carbocycles. The first-order valence-corrected chi connectivity index (χ1v) is 8.60. The molecule has 3 N–H and O–H groups in total. The number of aliphatic hydroxyl groups is 1. The van der Waals surface area contributed by atoms with Crippen molar-refractivity contribution in [2.24, 2.45) is 5.73 Å². The van der Waals surface area contributed by atoms with Gasteiger partial charge in [-0.1, -0.05) is 30.3 Å². The molecule has 2 unspecified atom stereocenters. The first-order chi connectivity index (χ1) is 12.5. The summed E-state index contributed by atoms with van der Waals surface area (Å²) >= 11 is 0. The second-order valence-electron chi connectivity index (χ2n) is 6.54. The number of fused-ring (bicyclic) bond motifs is 1. The molecule has 0 bridgehead atoms. The number of likely N-dealkylation sites (N-methyl/N-ethyl adjacent to an activating group) is 1. The van der Waals surface area contributed by atoms with E-state index in [-0.39, 0.29) is 12.6 Å². The van der Waals surface area contributed by atoms with Gasteiger partial charge in [0.25, 0.3) is 0 Å². The topological polar surface area (TPSA) is 85.0 Å². The zero-order valence-electron chi connectivity index (χ0n) is 15.0. The van der Waals surface area contributed by atoms with Gasteiger partial charge in [0.05, 0.1) is 6.04 Å². The summed E-state index contributed by atoms with van der Waals surface area (Å²) in [5.41, 5.74) is 7.72. The van der Waals surface area contributed by atoms with Crippen molar-refractivity contribution in [1.82, 2.24) is 4.90 Å². The van der Waals surface area contributed by atoms with E-state index in [0.717, 1.165) is 5.56 Å². The largest absolute Gasteiger partial charge is 0.454 e. The Labute approximate surface area is 153 Å². The van der Waals surface area contributed by atoms with Gasteiger partial charge in [-0.25, -0.2) is 0 Å². The van der Waals surface area contributed by atoms with E-state index < -0.39 is 18.3 Å². The fourth-order valence-corrected chi connectivity index (χ4v) is 3.00. The first-order valence-electron chi connectivity index (χ1n) is 8.60. The molecule has 2 aromatic carbocycles. The molecule has 3 atom stereocenters. The summed E-state index contributed by atoms with van der Waals surface area (Å²) in [7, 11) is 1.70. The zero-order chi connectivity index (χ0) is 18.7. The maximum Gasteiger partial charge on any atom is 0.231 e. The number of nitrogens with two attached hydrogens (primary N) is 1. The Hall–Kier alpha value is -2.41. The lowest BCUT2D eigenvalue weighted by Gasteiger charge is -2.32. The highest BCUT2D eigenvalue weighted by Crippen LogP contribution is 2.33. The van der Waals surface area contributed by atoms with Crippen LogP contribution in [0.25, 0.3) is 0 Å². The lowest BCUT2D eigenvalue weighted by Crippen LogP contribution is -2.52. The number of ketones is 1. The summed E-state index contributed by atoms with van der Waals surface area (Å²) < 4.78 is 10.6. The highest BCUT2D eigenvalue weighted by molar-refractivity contribution is 6.00. The normalized spacial score (nSPS) is 16.3. The van der Waals surface area contributed by atoms with E-state index in [4.69, 9.17) is 15.2 Å². The summed E-state index contributed by atoms with van der Waals surface area (Å²) in [6, 6.07) is 13.8. The number of carbonyl (C=O) groups excluding carboxylic acids is 1. The van der Waals surface area contributed by atoms with Gasteiger partial charge in [0, 0.05) is 11.6 Å². The molecule has 1 aliphatic heterocycles. The molecule has 0 amide bonds. The Morgan fingerprint density at radius 2 is 1.88 bits per heavy atom. The molecule has 2 aromatic rings. The summed E-state index contributed by atoms with van der Waals surface area (Å²) in [6.45, 7) is 1.92. The van der Waals surface area contributed by atoms with Crippen LogP contribution in [-0.2, 0) is 6.42 Å². The Kier molecular flexibility index (Phi) is 5.56. The van der Waals surface area contributed by atoms with Crippen LogP contribution in [0, 0.1) is 0 Å². The molecule has 0 fully saturated rings. The first kappa shape index (κ1) is 18.4. The van der Waals surface area contributed by atoms with Crippen molar-refractivity contribution in [2.45, 2.75) is 31.7 Å². The van der Waals surface area contributed by atoms with Gasteiger partial charge in [-0.05, 0) is 44.2 Å². The quantitative estimate of drug-likeness (QED) is 0.581. The SMILES string of the molecule is CC(C(=O)c1ccc2c(c1)OCO2)N(C)C(O)[C@@H](N)Cc1ccccc1. The molecule has 0 aliphatic carbocycles. The summed E-state index contributed by atoms with van der Waals surface area (Å²) in [5.74, 6) is 1.08. The summed E-state index contributed by atoms with van der Waals surface area (Å²) in [4.78, 5) is 14.4. The Balaban J connectivity index is 1.66. The van der Waals surface area contributed by atoms with Gasteiger partial charge >= 0.3 is 0 Å². The summed E-state index contributed by atoms with van der Waals surface area (Å²) in [5, 5.41) is 10.6. The molecule has 0 saturated heterocycles. The van der Waals surface area contributed by atoms with Crippen molar-refractivity contribution in [2.75, 3.05) is 13.8 Å². The van der Waals surface area contributed by atoms with Crippen LogP contribution in [0.5, 0.6) is 11.5 Å². The predicted molar refractivity (Wildman–Crippen MR) is 98.2 cm³/mol. The average molecular weight is 356 g/mol. The van der Waals surface area contributed by atoms with E-state index in [1.807, 2.05) is 30.3 Å². The number of rotatable bonds is 7. The Bertz CT molecular complexity index is 766. The molecule has 6 heteroatoms. The lowest BCUT2D eigenvalue weighted by molar-refractivity contribution is -0.0151. The number of ether oxygens (including phenoxy) is 2. The van der Waals surface area contributed by atoms with Crippen LogP contribution in [0.4, 0.5) is 0 Å². The van der Waals surface area contributed by atoms with Crippen LogP contribution in [0.15, 0.2) is 48.5 Å². The number of hydrogen-bond donors (Lipinski definition) is 2. The van der Waals surface area contributed by atoms with Crippen molar-refractivity contribution < 1.29 is 19.4 Å². The van der Waals surface area contributed by atoms with Gasteiger partial charge in [0.1, 0.15) is 6.23 Å². The summed E-state index contributed by atoms with van der Waals surface area (Å²) in [6.07, 6.45) is -0.416. The average Bonchev–Trinajstić information content (AvgIpc) is 3.14. The highest BCUT2D eigenvalue weighted by Gasteiger charge is 2.29. The van der Waals surface area contributed by atoms with E-state index in [0.29, 0.717) is 23.5 Å². The van der Waals surface area contributed by atoms with E-state index >= 15 is 0 Å². The van der Waals surface area contributed by atoms with Crippen molar-refractivity contribution in [1.29, 1.82) is 0 Å². The van der Waals surface area contributed by atoms with Gasteiger partial charge in [-0.15, -0.1) is 0 Å². The number of hydrogen-bond acceptors (Lipinski definition) is 6. The molecule has 138 valence electrons. The van der Waals surface area contributed by atoms with Crippen LogP contribution in [0.1, 0.15) is 22.8 Å². The monoisotopic (exact) mass is 356 g/mol. The van der Waals surface area contributed by atoms with E-state index in [2.05, 4.69) is 0 Å². The number of benzene rings is 2. The smallest absolute Gasteiger partial charge is 0.231 e. The predicted octanol–water partition coefficient (Wildman–Crippen LogP) is 1.81. The van der Waals surface area contributed by atoms with Crippen molar-refractivity contribution in [3.8, 4) is 11.5 Å². The van der Waals surface area contributed by atoms with Crippen LogP contribution in [-0.4, -0.2) is 47.9 Å². The van der Waals surface area contributed by atoms with Gasteiger partial charge in [-0.2, -0.15) is 0 Å². The molecular weight excluding hydrogens is 332 g/mol. The third-order valence-corrected chi connectivity index (χ3v) is 4.76. The third-order valence-electron chi connectivity index (χ3n) is 4.76. The molecule has 3 rings (SSSR count). The molecular formula is C20H24N2O4. The second kappa shape index (κ2) is 7.86. The van der Waals surface area contributed by atoms with Gasteiger partial charge in [0.15, 0.2) is 17.3 Å². The number of aliphatic hydroxyl groups excluding tert-OH is 1. The molecule has 26 heavy (non-hydrogen) atoms. The maximum atomic E-state index is 12.8. The fraction of sp³-hybridized carbons (Fsp3) is 0.350. The van der Waals surface area contributed by atoms with Crippen LogP contribution in [0.3, 0.4) is 0 Å². The van der Waals surface area contributed by atoms with Gasteiger partial charge in [-0.3, -0.25) is 9.69 Å². The van der Waals surface area contributed by atoms with E-state index in [9.17, 15) is 9.90 Å². The van der Waals surface area contributed by atoms with Crippen molar-refractivity contribution in [3.63, 3.8) is 0 Å². The molecule has 0 spiro atoms. The fourth-order valence-electron chi connectivity index (χ4n) is 3.00. The number of Topliss-reactive ketones (excluding diaryl/α,β-unsaturated/α-hetero) is 1. The van der Waals surface area contributed by atoms with Crippen molar-refractivity contribution in [3.05, 3.63) is 59.7 Å². The maximum absolute atomic E-state index is 12.8. The number of nitrogens with zero attached hydrogens (tertiary/aromatic N) is 1. The van der Waals surface area contributed by atoms with Crippen LogP contribution >= 0.6 is 0 Å². The Morgan fingerprint density at radius 1 is 1.19 bits per heavy atom. The van der Waals surface area contributed by atoms with Crippen LogP contribution in [0.2, 0.25) is 0 Å².